The van der Waals surface area contributed by atoms with Gasteiger partial charge in [0.15, 0.2) is 0 Å². The van der Waals surface area contributed by atoms with Gasteiger partial charge in [-0.1, -0.05) is 12.1 Å². The second kappa shape index (κ2) is 10.5. The zero-order valence-electron chi connectivity index (χ0n) is 12.6. The second-order valence-corrected chi connectivity index (χ2v) is 5.76. The molecule has 1 N–H and O–H groups in total. The topological polar surface area (TPSA) is 73.9 Å². The van der Waals surface area contributed by atoms with Gasteiger partial charge in [-0.15, -0.1) is 0 Å². The Morgan fingerprint density at radius 2 is 1.86 bits per heavy atom. The molecule has 0 fully saturated rings. The van der Waals surface area contributed by atoms with Crippen LogP contribution in [0.15, 0.2) is 24.3 Å². The number of benzene rings is 1. The third-order valence-electron chi connectivity index (χ3n) is 2.84. The molecular weight excluding hydrogens is 401 g/mol. The van der Waals surface area contributed by atoms with Gasteiger partial charge in [0, 0.05) is 17.1 Å². The highest BCUT2D eigenvalue weighted by molar-refractivity contribution is 14.1. The average Bonchev–Trinajstić information content (AvgIpc) is 2.52. The highest BCUT2D eigenvalue weighted by Gasteiger charge is 2.21. The van der Waals surface area contributed by atoms with Gasteiger partial charge in [-0.05, 0) is 40.3 Å². The Labute approximate surface area is 143 Å². The van der Waals surface area contributed by atoms with Crippen LogP contribution in [0.25, 0.3) is 0 Å². The van der Waals surface area contributed by atoms with Gasteiger partial charge in [0.25, 0.3) is 0 Å². The summed E-state index contributed by atoms with van der Waals surface area (Å²) < 4.78 is 15.8. The van der Waals surface area contributed by atoms with Crippen molar-refractivity contribution >= 4 is 34.5 Å². The van der Waals surface area contributed by atoms with Gasteiger partial charge in [-0.2, -0.15) is 0 Å². The Morgan fingerprint density at radius 3 is 2.45 bits per heavy atom. The number of hydrogen-bond acceptors (Lipinski definition) is 5. The fourth-order valence-corrected chi connectivity index (χ4v) is 2.09. The van der Waals surface area contributed by atoms with Crippen molar-refractivity contribution in [3.05, 3.63) is 33.4 Å². The van der Waals surface area contributed by atoms with Crippen LogP contribution >= 0.6 is 22.6 Å². The number of carbonyl (C=O) groups excluding carboxylic acids is 2. The third-order valence-corrected chi connectivity index (χ3v) is 3.56. The molecule has 0 spiro atoms. The quantitative estimate of drug-likeness (QED) is 0.368. The van der Waals surface area contributed by atoms with Gasteiger partial charge in [-0.3, -0.25) is 4.79 Å². The summed E-state index contributed by atoms with van der Waals surface area (Å²) in [6.07, 6.45) is 0.368. The highest BCUT2D eigenvalue weighted by Crippen LogP contribution is 2.09. The summed E-state index contributed by atoms with van der Waals surface area (Å²) in [7, 11) is 2.85. The first-order valence-corrected chi connectivity index (χ1v) is 7.83. The minimum Gasteiger partial charge on any atom is -0.467 e. The van der Waals surface area contributed by atoms with Gasteiger partial charge < -0.3 is 19.5 Å². The third kappa shape index (κ3) is 7.19. The maximum Gasteiger partial charge on any atom is 0.328 e. The highest BCUT2D eigenvalue weighted by atomic mass is 127. The molecule has 7 heteroatoms. The normalized spacial score (nSPS) is 11.8. The van der Waals surface area contributed by atoms with Crippen molar-refractivity contribution in [3.8, 4) is 0 Å². The van der Waals surface area contributed by atoms with Crippen LogP contribution in [0.5, 0.6) is 0 Å². The van der Waals surface area contributed by atoms with Crippen LogP contribution < -0.4 is 5.32 Å². The molecule has 0 saturated carbocycles. The first kappa shape index (κ1) is 18.9. The number of halogens is 1. The Hall–Kier alpha value is -1.19. The average molecular weight is 421 g/mol. The summed E-state index contributed by atoms with van der Waals surface area (Å²) in [4.78, 5) is 23.6. The summed E-state index contributed by atoms with van der Waals surface area (Å²) in [5, 5.41) is 2.63. The second-order valence-electron chi connectivity index (χ2n) is 4.52. The largest absolute Gasteiger partial charge is 0.467 e. The molecule has 6 nitrogen and oxygen atoms in total. The lowest BCUT2D eigenvalue weighted by atomic mass is 10.1. The molecule has 0 aromatic heterocycles. The first-order valence-electron chi connectivity index (χ1n) is 6.75. The maximum atomic E-state index is 11.8. The van der Waals surface area contributed by atoms with Gasteiger partial charge >= 0.3 is 5.97 Å². The number of esters is 1. The van der Waals surface area contributed by atoms with Crippen molar-refractivity contribution in [2.24, 2.45) is 0 Å². The predicted octanol–water partition coefficient (Wildman–Crippen LogP) is 1.15. The minimum atomic E-state index is -0.733. The SMILES string of the molecule is COCCOCC(=O)N[C@@H](Cc1ccc(I)cc1)C(=O)OC. The van der Waals surface area contributed by atoms with Crippen molar-refractivity contribution < 1.29 is 23.8 Å². The number of carbonyl (C=O) groups is 2. The molecule has 0 heterocycles. The molecule has 1 amide bonds. The molecule has 122 valence electrons. The van der Waals surface area contributed by atoms with Crippen LogP contribution in [0, 0.1) is 3.57 Å². The number of methoxy groups -OCH3 is 2. The number of rotatable bonds is 9. The van der Waals surface area contributed by atoms with E-state index in [2.05, 4.69) is 27.9 Å². The molecule has 0 aliphatic carbocycles. The minimum absolute atomic E-state index is 0.121. The van der Waals surface area contributed by atoms with Crippen LogP contribution in [0.2, 0.25) is 0 Å². The van der Waals surface area contributed by atoms with Crippen molar-refractivity contribution in [2.45, 2.75) is 12.5 Å². The number of amides is 1. The Bertz CT molecular complexity index is 477. The lowest BCUT2D eigenvalue weighted by Gasteiger charge is -2.16. The summed E-state index contributed by atoms with van der Waals surface area (Å²) in [6.45, 7) is 0.615. The molecule has 1 atom stereocenters. The molecule has 0 unspecified atom stereocenters. The van der Waals surface area contributed by atoms with Crippen LogP contribution in [0.1, 0.15) is 5.56 Å². The number of ether oxygens (including phenoxy) is 3. The van der Waals surface area contributed by atoms with E-state index in [1.54, 1.807) is 7.11 Å². The van der Waals surface area contributed by atoms with Gasteiger partial charge in [0.1, 0.15) is 12.6 Å². The summed E-state index contributed by atoms with van der Waals surface area (Å²) in [6, 6.07) is 6.99. The van der Waals surface area contributed by atoms with Crippen LogP contribution in [-0.2, 0) is 30.2 Å². The molecule has 0 aliphatic heterocycles. The summed E-state index contributed by atoms with van der Waals surface area (Å²) >= 11 is 2.20. The molecule has 1 aromatic rings. The standard InChI is InChI=1S/C15H20INO5/c1-20-7-8-22-10-14(18)17-13(15(19)21-2)9-11-3-5-12(16)6-4-11/h3-6,13H,7-10H2,1-2H3,(H,17,18)/t13-/m0/s1. The van der Waals surface area contributed by atoms with Crippen LogP contribution in [0.4, 0.5) is 0 Å². The van der Waals surface area contributed by atoms with E-state index < -0.39 is 12.0 Å². The Morgan fingerprint density at radius 1 is 1.18 bits per heavy atom. The van der Waals surface area contributed by atoms with Crippen molar-refractivity contribution in [3.63, 3.8) is 0 Å². The molecule has 0 bridgehead atoms. The van der Waals surface area contributed by atoms with E-state index in [9.17, 15) is 9.59 Å². The zero-order valence-corrected chi connectivity index (χ0v) is 14.8. The molecular formula is C15H20INO5. The van der Waals surface area contributed by atoms with E-state index in [0.717, 1.165) is 9.13 Å². The van der Waals surface area contributed by atoms with Crippen molar-refractivity contribution in [1.82, 2.24) is 5.32 Å². The number of hydrogen-bond donors (Lipinski definition) is 1. The van der Waals surface area contributed by atoms with Gasteiger partial charge in [0.05, 0.1) is 20.3 Å². The molecule has 22 heavy (non-hydrogen) atoms. The smallest absolute Gasteiger partial charge is 0.328 e. The molecule has 0 radical (unpaired) electrons. The van der Waals surface area contributed by atoms with Gasteiger partial charge in [-0.25, -0.2) is 4.79 Å². The van der Waals surface area contributed by atoms with Crippen molar-refractivity contribution in [1.29, 1.82) is 0 Å². The Balaban J connectivity index is 2.55. The van der Waals surface area contributed by atoms with E-state index in [-0.39, 0.29) is 12.5 Å². The van der Waals surface area contributed by atoms with E-state index in [1.807, 2.05) is 24.3 Å². The van der Waals surface area contributed by atoms with E-state index >= 15 is 0 Å². The molecule has 0 saturated heterocycles. The summed E-state index contributed by atoms with van der Waals surface area (Å²) in [5.41, 5.74) is 0.941. The predicted molar refractivity (Wildman–Crippen MR) is 89.5 cm³/mol. The first-order chi connectivity index (χ1) is 10.6. The Kier molecular flexibility index (Phi) is 9.02. The van der Waals surface area contributed by atoms with Crippen molar-refractivity contribution in [2.75, 3.05) is 34.0 Å². The van der Waals surface area contributed by atoms with Crippen LogP contribution in [-0.4, -0.2) is 52.0 Å². The molecule has 1 aromatic carbocycles. The fraction of sp³-hybridized carbons (Fsp3) is 0.467. The van der Waals surface area contributed by atoms with E-state index in [0.29, 0.717) is 19.6 Å². The van der Waals surface area contributed by atoms with E-state index in [1.165, 1.54) is 7.11 Å². The zero-order chi connectivity index (χ0) is 16.4. The fourth-order valence-electron chi connectivity index (χ4n) is 1.73. The number of nitrogens with one attached hydrogen (secondary N) is 1. The molecule has 1 rings (SSSR count). The maximum absolute atomic E-state index is 11.8. The summed E-state index contributed by atoms with van der Waals surface area (Å²) in [5.74, 6) is -0.846. The van der Waals surface area contributed by atoms with Gasteiger partial charge in [0.2, 0.25) is 5.91 Å². The monoisotopic (exact) mass is 421 g/mol. The lowest BCUT2D eigenvalue weighted by Crippen LogP contribution is -2.44. The molecule has 0 aliphatic rings. The van der Waals surface area contributed by atoms with E-state index in [4.69, 9.17) is 14.2 Å². The van der Waals surface area contributed by atoms with Crippen LogP contribution in [0.3, 0.4) is 0 Å². The lowest BCUT2D eigenvalue weighted by molar-refractivity contribution is -0.145.